The summed E-state index contributed by atoms with van der Waals surface area (Å²) in [6.07, 6.45) is 0. The first-order valence-corrected chi connectivity index (χ1v) is 6.29. The number of nitrogens with zero attached hydrogens (tertiary/aromatic N) is 3. The first-order valence-electron chi connectivity index (χ1n) is 6.29. The van der Waals surface area contributed by atoms with E-state index in [2.05, 4.69) is 29.2 Å². The van der Waals surface area contributed by atoms with Crippen LogP contribution in [0.1, 0.15) is 19.6 Å². The van der Waals surface area contributed by atoms with Crippen LogP contribution in [0, 0.1) is 6.92 Å². The number of carbonyl (C=O) groups excluding carboxylic acids is 1. The quantitative estimate of drug-likeness (QED) is 0.867. The SMILES string of the molecule is Cc1cc(NC(=O)N2CCN(C(C)C)CC2)no1. The fourth-order valence-electron chi connectivity index (χ4n) is 2.06. The van der Waals surface area contributed by atoms with Crippen LogP contribution in [0.15, 0.2) is 10.6 Å². The first kappa shape index (κ1) is 12.9. The Balaban J connectivity index is 1.84. The van der Waals surface area contributed by atoms with E-state index in [0.717, 1.165) is 26.2 Å². The minimum atomic E-state index is -0.105. The lowest BCUT2D eigenvalue weighted by Crippen LogP contribution is -2.51. The predicted molar refractivity (Wildman–Crippen MR) is 68.5 cm³/mol. The summed E-state index contributed by atoms with van der Waals surface area (Å²) < 4.78 is 4.91. The molecule has 0 unspecified atom stereocenters. The topological polar surface area (TPSA) is 61.6 Å². The van der Waals surface area contributed by atoms with Gasteiger partial charge in [0.2, 0.25) is 0 Å². The molecule has 100 valence electrons. The normalized spacial score (nSPS) is 17.2. The minimum absolute atomic E-state index is 0.105. The molecule has 6 nitrogen and oxygen atoms in total. The number of carbonyl (C=O) groups is 1. The number of hydrogen-bond acceptors (Lipinski definition) is 4. The number of rotatable bonds is 2. The van der Waals surface area contributed by atoms with E-state index in [9.17, 15) is 4.79 Å². The highest BCUT2D eigenvalue weighted by atomic mass is 16.5. The van der Waals surface area contributed by atoms with E-state index in [4.69, 9.17) is 4.52 Å². The Morgan fingerprint density at radius 2 is 2.06 bits per heavy atom. The van der Waals surface area contributed by atoms with Crippen molar-refractivity contribution in [2.24, 2.45) is 0 Å². The summed E-state index contributed by atoms with van der Waals surface area (Å²) in [5.41, 5.74) is 0. The summed E-state index contributed by atoms with van der Waals surface area (Å²) in [5.74, 6) is 1.17. The van der Waals surface area contributed by atoms with Gasteiger partial charge in [0.15, 0.2) is 5.82 Å². The lowest BCUT2D eigenvalue weighted by molar-refractivity contribution is 0.125. The Kier molecular flexibility index (Phi) is 3.86. The van der Waals surface area contributed by atoms with Crippen LogP contribution in [0.4, 0.5) is 10.6 Å². The molecule has 0 atom stereocenters. The molecule has 2 rings (SSSR count). The van der Waals surface area contributed by atoms with Crippen LogP contribution in [0.5, 0.6) is 0 Å². The molecule has 1 aromatic heterocycles. The zero-order valence-corrected chi connectivity index (χ0v) is 11.1. The number of hydrogen-bond donors (Lipinski definition) is 1. The zero-order chi connectivity index (χ0) is 13.1. The lowest BCUT2D eigenvalue weighted by Gasteiger charge is -2.36. The number of nitrogens with one attached hydrogen (secondary N) is 1. The van der Waals surface area contributed by atoms with Crippen molar-refractivity contribution in [3.63, 3.8) is 0 Å². The second kappa shape index (κ2) is 5.39. The van der Waals surface area contributed by atoms with Gasteiger partial charge in [-0.25, -0.2) is 4.79 Å². The van der Waals surface area contributed by atoms with Crippen LogP contribution >= 0.6 is 0 Å². The molecule has 18 heavy (non-hydrogen) atoms. The highest BCUT2D eigenvalue weighted by molar-refractivity contribution is 5.88. The van der Waals surface area contributed by atoms with E-state index in [-0.39, 0.29) is 6.03 Å². The van der Waals surface area contributed by atoms with E-state index in [0.29, 0.717) is 17.6 Å². The summed E-state index contributed by atoms with van der Waals surface area (Å²) in [6, 6.07) is 2.14. The average Bonchev–Trinajstić information content (AvgIpc) is 2.75. The molecule has 0 spiro atoms. The van der Waals surface area contributed by atoms with E-state index in [1.54, 1.807) is 13.0 Å². The molecule has 0 radical (unpaired) electrons. The van der Waals surface area contributed by atoms with Crippen LogP contribution in [-0.2, 0) is 0 Å². The molecule has 6 heteroatoms. The predicted octanol–water partition coefficient (Wildman–Crippen LogP) is 1.54. The lowest BCUT2D eigenvalue weighted by atomic mass is 10.2. The van der Waals surface area contributed by atoms with Gasteiger partial charge in [0.05, 0.1) is 0 Å². The fraction of sp³-hybridized carbons (Fsp3) is 0.667. The van der Waals surface area contributed by atoms with Crippen LogP contribution in [0.3, 0.4) is 0 Å². The monoisotopic (exact) mass is 252 g/mol. The van der Waals surface area contributed by atoms with Gasteiger partial charge in [-0.15, -0.1) is 0 Å². The van der Waals surface area contributed by atoms with Gasteiger partial charge in [0, 0.05) is 38.3 Å². The maximum Gasteiger partial charge on any atom is 0.323 e. The third-order valence-corrected chi connectivity index (χ3v) is 3.19. The Hall–Kier alpha value is -1.56. The molecule has 1 aromatic rings. The largest absolute Gasteiger partial charge is 0.360 e. The third-order valence-electron chi connectivity index (χ3n) is 3.19. The molecule has 1 N–H and O–H groups in total. The number of piperazine rings is 1. The molecule has 0 aromatic carbocycles. The Morgan fingerprint density at radius 1 is 1.39 bits per heavy atom. The standard InChI is InChI=1S/C12H20N4O2/c1-9(2)15-4-6-16(7-5-15)12(17)13-11-8-10(3)18-14-11/h8-9H,4-7H2,1-3H3,(H,13,14,17). The maximum atomic E-state index is 12.0. The van der Waals surface area contributed by atoms with Crippen LogP contribution in [0.25, 0.3) is 0 Å². The smallest absolute Gasteiger partial charge is 0.323 e. The number of amides is 2. The van der Waals surface area contributed by atoms with Crippen LogP contribution in [0.2, 0.25) is 0 Å². The van der Waals surface area contributed by atoms with Gasteiger partial charge >= 0.3 is 6.03 Å². The van der Waals surface area contributed by atoms with Crippen LogP contribution < -0.4 is 5.32 Å². The third kappa shape index (κ3) is 3.01. The molecule has 0 saturated carbocycles. The van der Waals surface area contributed by atoms with Gasteiger partial charge < -0.3 is 9.42 Å². The van der Waals surface area contributed by atoms with Gasteiger partial charge in [0.1, 0.15) is 5.76 Å². The Bertz CT molecular complexity index is 408. The van der Waals surface area contributed by atoms with Crippen molar-refractivity contribution in [2.75, 3.05) is 31.5 Å². The highest BCUT2D eigenvalue weighted by Crippen LogP contribution is 2.10. The van der Waals surface area contributed by atoms with Crippen molar-refractivity contribution in [1.82, 2.24) is 15.0 Å². The molecular formula is C12H20N4O2. The number of urea groups is 1. The number of aromatic nitrogens is 1. The molecule has 1 aliphatic rings. The second-order valence-electron chi connectivity index (χ2n) is 4.87. The van der Waals surface area contributed by atoms with Gasteiger partial charge in [-0.05, 0) is 20.8 Å². The molecule has 0 aliphatic carbocycles. The van der Waals surface area contributed by atoms with Gasteiger partial charge in [-0.3, -0.25) is 10.2 Å². The van der Waals surface area contributed by atoms with Crippen molar-refractivity contribution in [2.45, 2.75) is 26.8 Å². The van der Waals surface area contributed by atoms with E-state index in [1.165, 1.54) is 0 Å². The van der Waals surface area contributed by atoms with E-state index < -0.39 is 0 Å². The van der Waals surface area contributed by atoms with Crippen molar-refractivity contribution >= 4 is 11.8 Å². The fourth-order valence-corrected chi connectivity index (χ4v) is 2.06. The minimum Gasteiger partial charge on any atom is -0.360 e. The molecule has 2 amide bonds. The molecule has 1 aliphatic heterocycles. The molecule has 0 bridgehead atoms. The summed E-state index contributed by atoms with van der Waals surface area (Å²) in [4.78, 5) is 16.1. The second-order valence-corrected chi connectivity index (χ2v) is 4.87. The van der Waals surface area contributed by atoms with Gasteiger partial charge in [-0.2, -0.15) is 0 Å². The molecule has 1 saturated heterocycles. The molecule has 2 heterocycles. The van der Waals surface area contributed by atoms with Crippen molar-refractivity contribution in [3.05, 3.63) is 11.8 Å². The van der Waals surface area contributed by atoms with Gasteiger partial charge in [-0.1, -0.05) is 5.16 Å². The Morgan fingerprint density at radius 3 is 2.56 bits per heavy atom. The molecular weight excluding hydrogens is 232 g/mol. The van der Waals surface area contributed by atoms with Crippen molar-refractivity contribution in [1.29, 1.82) is 0 Å². The van der Waals surface area contributed by atoms with Crippen LogP contribution in [-0.4, -0.2) is 53.2 Å². The Labute approximate surface area is 107 Å². The summed E-state index contributed by atoms with van der Waals surface area (Å²) in [6.45, 7) is 9.49. The average molecular weight is 252 g/mol. The molecule has 1 fully saturated rings. The zero-order valence-electron chi connectivity index (χ0n) is 11.1. The summed E-state index contributed by atoms with van der Waals surface area (Å²) in [7, 11) is 0. The van der Waals surface area contributed by atoms with Crippen molar-refractivity contribution < 1.29 is 9.32 Å². The van der Waals surface area contributed by atoms with E-state index >= 15 is 0 Å². The van der Waals surface area contributed by atoms with Crippen molar-refractivity contribution in [3.8, 4) is 0 Å². The number of anilines is 1. The van der Waals surface area contributed by atoms with Gasteiger partial charge in [0.25, 0.3) is 0 Å². The first-order chi connectivity index (χ1) is 8.56. The summed E-state index contributed by atoms with van der Waals surface area (Å²) >= 11 is 0. The summed E-state index contributed by atoms with van der Waals surface area (Å²) in [5, 5.41) is 6.49. The maximum absolute atomic E-state index is 12.0. The highest BCUT2D eigenvalue weighted by Gasteiger charge is 2.22. The number of aryl methyl sites for hydroxylation is 1. The van der Waals surface area contributed by atoms with E-state index in [1.807, 2.05) is 4.90 Å².